The fourth-order valence-corrected chi connectivity index (χ4v) is 3.43. The van der Waals surface area contributed by atoms with Gasteiger partial charge in [0.2, 0.25) is 5.95 Å². The highest BCUT2D eigenvalue weighted by Crippen LogP contribution is 2.25. The third-order valence-corrected chi connectivity index (χ3v) is 6.17. The number of fused-ring (bicyclic) bond motifs is 1. The number of aromatic nitrogens is 4. The Morgan fingerprint density at radius 2 is 2.00 bits per heavy atom. The number of anilines is 1. The molecule has 0 bridgehead atoms. The predicted octanol–water partition coefficient (Wildman–Crippen LogP) is 3.88. The van der Waals surface area contributed by atoms with E-state index in [1.807, 2.05) is 28.8 Å². The van der Waals surface area contributed by atoms with E-state index in [-0.39, 0.29) is 11.6 Å². The van der Waals surface area contributed by atoms with Gasteiger partial charge < -0.3 is 9.47 Å². The number of carbonyl (C=O) groups excluding carboxylic acids is 1. The first kappa shape index (κ1) is 19.1. The molecule has 0 aliphatic carbocycles. The molecule has 0 spiro atoms. The van der Waals surface area contributed by atoms with Gasteiger partial charge in [-0.3, -0.25) is 15.2 Å². The van der Waals surface area contributed by atoms with Crippen molar-refractivity contribution in [3.8, 4) is 0 Å². The van der Waals surface area contributed by atoms with Crippen LogP contribution in [0.4, 0.5) is 5.95 Å². The van der Waals surface area contributed by atoms with Gasteiger partial charge >= 0.3 is 0 Å². The van der Waals surface area contributed by atoms with Crippen LogP contribution in [0.5, 0.6) is 0 Å². The Morgan fingerprint density at radius 3 is 2.65 bits per heavy atom. The minimum Gasteiger partial charge on any atom is -0.309 e. The molecule has 2 heterocycles. The molecule has 3 aromatic rings. The van der Waals surface area contributed by atoms with Gasteiger partial charge in [-0.2, -0.15) is 5.10 Å². The molecule has 0 aliphatic heterocycles. The molecule has 0 atom stereocenters. The normalized spacial score (nSPS) is 11.4. The maximum absolute atomic E-state index is 12.6. The molecular weight excluding hydrogens is 464 g/mol. The van der Waals surface area contributed by atoms with Gasteiger partial charge in [0.1, 0.15) is 4.60 Å². The molecule has 2 N–H and O–H groups in total. The van der Waals surface area contributed by atoms with Crippen LogP contribution >= 0.6 is 31.9 Å². The van der Waals surface area contributed by atoms with Crippen LogP contribution in [0.1, 0.15) is 24.3 Å². The number of benzene rings is 1. The number of rotatable bonds is 7. The van der Waals surface area contributed by atoms with Gasteiger partial charge in [0, 0.05) is 13.1 Å². The van der Waals surface area contributed by atoms with Gasteiger partial charge in [-0.1, -0.05) is 26.0 Å². The molecule has 0 aliphatic rings. The number of hydrogen-bond acceptors (Lipinski definition) is 4. The second-order valence-corrected chi connectivity index (χ2v) is 7.34. The molecule has 0 saturated carbocycles. The Balaban J connectivity index is 1.90. The molecule has 0 radical (unpaired) electrons. The van der Waals surface area contributed by atoms with Crippen LogP contribution in [0.25, 0.3) is 11.0 Å². The number of likely N-dealkylation sites (N-methyl/N-ethyl adjacent to an activating group) is 1. The zero-order valence-corrected chi connectivity index (χ0v) is 17.8. The van der Waals surface area contributed by atoms with Crippen molar-refractivity contribution >= 4 is 54.7 Å². The summed E-state index contributed by atoms with van der Waals surface area (Å²) in [7, 11) is 0. The first-order valence-corrected chi connectivity index (χ1v) is 10.0. The average Bonchev–Trinajstić information content (AvgIpc) is 3.16. The lowest BCUT2D eigenvalue weighted by Gasteiger charge is -2.19. The van der Waals surface area contributed by atoms with Crippen molar-refractivity contribution in [3.63, 3.8) is 0 Å². The molecule has 9 heteroatoms. The van der Waals surface area contributed by atoms with E-state index < -0.39 is 0 Å². The van der Waals surface area contributed by atoms with Crippen LogP contribution in [0.3, 0.4) is 0 Å². The number of H-pyrrole nitrogens is 1. The lowest BCUT2D eigenvalue weighted by Crippen LogP contribution is -2.27. The number of nitrogens with zero attached hydrogens (tertiary/aromatic N) is 4. The molecule has 3 rings (SSSR count). The van der Waals surface area contributed by atoms with Crippen LogP contribution in [-0.4, -0.2) is 50.2 Å². The Labute approximate surface area is 168 Å². The summed E-state index contributed by atoms with van der Waals surface area (Å²) in [5.41, 5.74) is 2.13. The standard InChI is InChI=1S/C17H20Br2N6O/c1-3-24(4-2)9-10-25-12-8-6-5-7-11(12)20-17(25)21-16(26)14-13(18)15(19)23-22-14/h5-8H,3-4,9-10H2,1-2H3,(H,22,23)(H,20,21,26). The van der Waals surface area contributed by atoms with Crippen LogP contribution in [0.15, 0.2) is 33.3 Å². The topological polar surface area (TPSA) is 78.8 Å². The van der Waals surface area contributed by atoms with E-state index in [1.54, 1.807) is 0 Å². The zero-order valence-electron chi connectivity index (χ0n) is 14.6. The van der Waals surface area contributed by atoms with Crippen molar-refractivity contribution < 1.29 is 4.79 Å². The number of hydrogen-bond donors (Lipinski definition) is 2. The fraction of sp³-hybridized carbons (Fsp3) is 0.353. The van der Waals surface area contributed by atoms with Crippen LogP contribution in [-0.2, 0) is 6.54 Å². The molecule has 0 saturated heterocycles. The summed E-state index contributed by atoms with van der Waals surface area (Å²) in [5.74, 6) is 0.201. The quantitative estimate of drug-likeness (QED) is 0.534. The van der Waals surface area contributed by atoms with Crippen molar-refractivity contribution in [1.82, 2.24) is 24.6 Å². The van der Waals surface area contributed by atoms with Gasteiger partial charge in [0.15, 0.2) is 5.69 Å². The van der Waals surface area contributed by atoms with Crippen LogP contribution in [0, 0.1) is 0 Å². The molecule has 2 aromatic heterocycles. The largest absolute Gasteiger partial charge is 0.309 e. The van der Waals surface area contributed by atoms with Gasteiger partial charge in [-0.15, -0.1) is 0 Å². The lowest BCUT2D eigenvalue weighted by atomic mass is 10.3. The number of carbonyl (C=O) groups is 1. The van der Waals surface area contributed by atoms with E-state index in [2.05, 4.69) is 71.1 Å². The van der Waals surface area contributed by atoms with E-state index in [1.165, 1.54) is 0 Å². The van der Waals surface area contributed by atoms with Gasteiger partial charge in [-0.05, 0) is 57.1 Å². The Bertz CT molecular complexity index is 915. The summed E-state index contributed by atoms with van der Waals surface area (Å²) in [6.45, 7) is 7.88. The van der Waals surface area contributed by atoms with E-state index in [0.29, 0.717) is 15.0 Å². The molecule has 26 heavy (non-hydrogen) atoms. The minimum absolute atomic E-state index is 0.277. The van der Waals surface area contributed by atoms with E-state index in [9.17, 15) is 4.79 Å². The molecule has 0 fully saturated rings. The summed E-state index contributed by atoms with van der Waals surface area (Å²) in [6.07, 6.45) is 0. The zero-order chi connectivity index (χ0) is 18.7. The maximum atomic E-state index is 12.6. The predicted molar refractivity (Wildman–Crippen MR) is 109 cm³/mol. The van der Waals surface area contributed by atoms with Crippen molar-refractivity contribution in [1.29, 1.82) is 0 Å². The van der Waals surface area contributed by atoms with Gasteiger partial charge in [-0.25, -0.2) is 4.98 Å². The number of nitrogens with one attached hydrogen (secondary N) is 2. The summed E-state index contributed by atoms with van der Waals surface area (Å²) in [6, 6.07) is 7.88. The SMILES string of the molecule is CCN(CC)CCn1c(NC(=O)c2n[nH]c(Br)c2Br)nc2ccccc21. The van der Waals surface area contributed by atoms with E-state index >= 15 is 0 Å². The second-order valence-electron chi connectivity index (χ2n) is 5.76. The number of halogens is 2. The van der Waals surface area contributed by atoms with Gasteiger partial charge in [0.05, 0.1) is 15.5 Å². The van der Waals surface area contributed by atoms with E-state index in [4.69, 9.17) is 0 Å². The number of aromatic amines is 1. The summed E-state index contributed by atoms with van der Waals surface area (Å²) < 4.78 is 3.25. The highest BCUT2D eigenvalue weighted by Gasteiger charge is 2.20. The molecule has 1 amide bonds. The van der Waals surface area contributed by atoms with Crippen LogP contribution in [0.2, 0.25) is 0 Å². The van der Waals surface area contributed by atoms with Crippen LogP contribution < -0.4 is 5.32 Å². The first-order valence-electron chi connectivity index (χ1n) is 8.43. The number of para-hydroxylation sites is 2. The Hall–Kier alpha value is -1.71. The molecular formula is C17H20Br2N6O. The number of imidazole rings is 1. The Kier molecular flexibility index (Phi) is 6.10. The van der Waals surface area contributed by atoms with Crippen molar-refractivity contribution in [2.45, 2.75) is 20.4 Å². The molecule has 1 aromatic carbocycles. The second kappa shape index (κ2) is 8.32. The highest BCUT2D eigenvalue weighted by molar-refractivity contribution is 9.13. The third-order valence-electron chi connectivity index (χ3n) is 4.30. The third kappa shape index (κ3) is 3.84. The average molecular weight is 484 g/mol. The molecule has 0 unspecified atom stereocenters. The van der Waals surface area contributed by atoms with E-state index in [0.717, 1.165) is 37.2 Å². The molecule has 138 valence electrons. The molecule has 7 nitrogen and oxygen atoms in total. The van der Waals surface area contributed by atoms with Crippen molar-refractivity contribution in [3.05, 3.63) is 39.0 Å². The fourth-order valence-electron chi connectivity index (χ4n) is 2.80. The Morgan fingerprint density at radius 1 is 1.27 bits per heavy atom. The number of amides is 1. The smallest absolute Gasteiger partial charge is 0.279 e. The first-order chi connectivity index (χ1) is 12.5. The van der Waals surface area contributed by atoms with Crippen molar-refractivity contribution in [2.24, 2.45) is 0 Å². The highest BCUT2D eigenvalue weighted by atomic mass is 79.9. The maximum Gasteiger partial charge on any atom is 0.279 e. The van der Waals surface area contributed by atoms with Gasteiger partial charge in [0.25, 0.3) is 5.91 Å². The summed E-state index contributed by atoms with van der Waals surface area (Å²) in [4.78, 5) is 19.5. The summed E-state index contributed by atoms with van der Waals surface area (Å²) >= 11 is 6.65. The monoisotopic (exact) mass is 482 g/mol. The minimum atomic E-state index is -0.321. The summed E-state index contributed by atoms with van der Waals surface area (Å²) in [5, 5.41) is 9.64. The lowest BCUT2D eigenvalue weighted by molar-refractivity contribution is 0.102. The van der Waals surface area contributed by atoms with Crippen molar-refractivity contribution in [2.75, 3.05) is 25.0 Å².